The first-order valence-electron chi connectivity index (χ1n) is 5.46. The third-order valence-electron chi connectivity index (χ3n) is 2.96. The molecule has 1 saturated carbocycles. The van der Waals surface area contributed by atoms with Crippen LogP contribution in [0.5, 0.6) is 0 Å². The molecule has 0 saturated heterocycles. The molecule has 0 radical (unpaired) electrons. The van der Waals surface area contributed by atoms with Crippen molar-refractivity contribution in [1.29, 1.82) is 0 Å². The van der Waals surface area contributed by atoms with Crippen LogP contribution in [0.3, 0.4) is 0 Å². The third kappa shape index (κ3) is 1.98. The van der Waals surface area contributed by atoms with E-state index < -0.39 is 0 Å². The Morgan fingerprint density at radius 3 is 3.07 bits per heavy atom. The van der Waals surface area contributed by atoms with Gasteiger partial charge in [-0.3, -0.25) is 0 Å². The van der Waals surface area contributed by atoms with Gasteiger partial charge in [0.25, 0.3) is 0 Å². The first-order chi connectivity index (χ1) is 6.83. The van der Waals surface area contributed by atoms with Gasteiger partial charge in [0.2, 0.25) is 0 Å². The van der Waals surface area contributed by atoms with Crippen molar-refractivity contribution in [2.45, 2.75) is 39.2 Å². The molecule has 3 nitrogen and oxygen atoms in total. The number of aromatic nitrogens is 1. The van der Waals surface area contributed by atoms with E-state index in [1.807, 2.05) is 0 Å². The van der Waals surface area contributed by atoms with Crippen LogP contribution in [0.2, 0.25) is 0 Å². The second kappa shape index (κ2) is 4.13. The predicted octanol–water partition coefficient (Wildman–Crippen LogP) is 2.30. The van der Waals surface area contributed by atoms with Gasteiger partial charge in [-0.2, -0.15) is 0 Å². The fourth-order valence-corrected chi connectivity index (χ4v) is 1.83. The Labute approximate surface area is 84.9 Å². The van der Waals surface area contributed by atoms with Crippen molar-refractivity contribution in [3.05, 3.63) is 17.8 Å². The molecule has 0 bridgehead atoms. The van der Waals surface area contributed by atoms with Gasteiger partial charge in [-0.1, -0.05) is 13.8 Å². The molecule has 0 spiro atoms. The summed E-state index contributed by atoms with van der Waals surface area (Å²) >= 11 is 0. The topological polar surface area (TPSA) is 38.1 Å². The maximum Gasteiger partial charge on any atom is 0.181 e. The number of hydrogen-bond acceptors (Lipinski definition) is 3. The van der Waals surface area contributed by atoms with Gasteiger partial charge in [-0.05, 0) is 25.3 Å². The summed E-state index contributed by atoms with van der Waals surface area (Å²) in [7, 11) is 0. The molecule has 78 valence electrons. The van der Waals surface area contributed by atoms with Crippen molar-refractivity contribution in [2.75, 3.05) is 6.54 Å². The van der Waals surface area contributed by atoms with Gasteiger partial charge in [0, 0.05) is 12.5 Å². The molecule has 1 aliphatic carbocycles. The summed E-state index contributed by atoms with van der Waals surface area (Å²) < 4.78 is 5.47. The van der Waals surface area contributed by atoms with Gasteiger partial charge in [0.15, 0.2) is 6.39 Å². The highest BCUT2D eigenvalue weighted by Gasteiger charge is 2.32. The molecule has 1 aromatic rings. The zero-order valence-electron chi connectivity index (χ0n) is 8.92. The van der Waals surface area contributed by atoms with Gasteiger partial charge in [0.05, 0.1) is 5.69 Å². The molecule has 0 amide bonds. The number of rotatable bonds is 5. The molecule has 1 aromatic heterocycles. The van der Waals surface area contributed by atoms with E-state index in [1.54, 1.807) is 6.39 Å². The summed E-state index contributed by atoms with van der Waals surface area (Å²) in [5.74, 6) is 2.47. The summed E-state index contributed by atoms with van der Waals surface area (Å²) in [6.07, 6.45) is 4.27. The predicted molar refractivity (Wildman–Crippen MR) is 55.0 cm³/mol. The lowest BCUT2D eigenvalue weighted by Gasteiger charge is -2.08. The Bertz CT molecular complexity index is 291. The summed E-state index contributed by atoms with van der Waals surface area (Å²) in [6.45, 7) is 6.15. The maximum absolute atomic E-state index is 5.47. The number of nitrogens with one attached hydrogen (secondary N) is 1. The van der Waals surface area contributed by atoms with E-state index >= 15 is 0 Å². The Balaban J connectivity index is 2.03. The molecule has 2 rings (SSSR count). The first-order valence-corrected chi connectivity index (χ1v) is 5.46. The zero-order valence-corrected chi connectivity index (χ0v) is 8.92. The fourth-order valence-electron chi connectivity index (χ4n) is 1.83. The smallest absolute Gasteiger partial charge is 0.181 e. The molecule has 14 heavy (non-hydrogen) atoms. The maximum atomic E-state index is 5.47. The quantitative estimate of drug-likeness (QED) is 0.781. The summed E-state index contributed by atoms with van der Waals surface area (Å²) in [5.41, 5.74) is 1.09. The van der Waals surface area contributed by atoms with E-state index in [0.717, 1.165) is 30.5 Å². The van der Waals surface area contributed by atoms with Crippen LogP contribution >= 0.6 is 0 Å². The Hall–Kier alpha value is -0.830. The number of hydrogen-bond donors (Lipinski definition) is 1. The van der Waals surface area contributed by atoms with Gasteiger partial charge in [-0.25, -0.2) is 4.98 Å². The highest BCUT2D eigenvalue weighted by atomic mass is 16.3. The van der Waals surface area contributed by atoms with Crippen LogP contribution in [0.25, 0.3) is 0 Å². The van der Waals surface area contributed by atoms with Gasteiger partial charge < -0.3 is 9.73 Å². The molecule has 0 aliphatic heterocycles. The zero-order chi connectivity index (χ0) is 9.97. The molecule has 0 aromatic carbocycles. The van der Waals surface area contributed by atoms with E-state index in [9.17, 15) is 0 Å². The monoisotopic (exact) mass is 194 g/mol. The molecular weight excluding hydrogens is 176 g/mol. The Kier molecular flexibility index (Phi) is 2.87. The molecule has 1 unspecified atom stereocenters. The van der Waals surface area contributed by atoms with E-state index in [4.69, 9.17) is 4.42 Å². The van der Waals surface area contributed by atoms with Crippen molar-refractivity contribution >= 4 is 0 Å². The normalized spacial score (nSPS) is 18.4. The molecule has 1 fully saturated rings. The van der Waals surface area contributed by atoms with Crippen molar-refractivity contribution < 1.29 is 4.42 Å². The lowest BCUT2D eigenvalue weighted by atomic mass is 10.0. The van der Waals surface area contributed by atoms with Gasteiger partial charge >= 0.3 is 0 Å². The van der Waals surface area contributed by atoms with Crippen molar-refractivity contribution in [3.8, 4) is 0 Å². The second-order valence-electron chi connectivity index (χ2n) is 4.07. The SMILES string of the molecule is CCNCc1ncoc1C(C)C1CC1. The Morgan fingerprint density at radius 2 is 2.43 bits per heavy atom. The van der Waals surface area contributed by atoms with Crippen molar-refractivity contribution in [1.82, 2.24) is 10.3 Å². The van der Waals surface area contributed by atoms with Crippen LogP contribution in [0.4, 0.5) is 0 Å². The summed E-state index contributed by atoms with van der Waals surface area (Å²) in [6, 6.07) is 0. The number of nitrogens with zero attached hydrogens (tertiary/aromatic N) is 1. The van der Waals surface area contributed by atoms with Crippen LogP contribution < -0.4 is 5.32 Å². The van der Waals surface area contributed by atoms with Gasteiger partial charge in [0.1, 0.15) is 5.76 Å². The molecule has 1 aliphatic rings. The van der Waals surface area contributed by atoms with Crippen LogP contribution in [0, 0.1) is 5.92 Å². The average molecular weight is 194 g/mol. The standard InChI is InChI=1S/C11H18N2O/c1-3-12-6-10-11(14-7-13-10)8(2)9-4-5-9/h7-9,12H,3-6H2,1-2H3. The van der Waals surface area contributed by atoms with Crippen LogP contribution in [-0.2, 0) is 6.54 Å². The first kappa shape index (κ1) is 9.71. The van der Waals surface area contributed by atoms with E-state index in [0.29, 0.717) is 5.92 Å². The van der Waals surface area contributed by atoms with Gasteiger partial charge in [-0.15, -0.1) is 0 Å². The van der Waals surface area contributed by atoms with Crippen LogP contribution in [-0.4, -0.2) is 11.5 Å². The minimum Gasteiger partial charge on any atom is -0.448 e. The highest BCUT2D eigenvalue weighted by Crippen LogP contribution is 2.42. The lowest BCUT2D eigenvalue weighted by Crippen LogP contribution is -2.14. The summed E-state index contributed by atoms with van der Waals surface area (Å²) in [4.78, 5) is 4.26. The van der Waals surface area contributed by atoms with Crippen LogP contribution in [0.1, 0.15) is 44.1 Å². The lowest BCUT2D eigenvalue weighted by molar-refractivity contribution is 0.444. The average Bonchev–Trinajstić information content (AvgIpc) is 2.93. The van der Waals surface area contributed by atoms with E-state index in [-0.39, 0.29) is 0 Å². The minimum absolute atomic E-state index is 0.547. The van der Waals surface area contributed by atoms with Crippen LogP contribution in [0.15, 0.2) is 10.8 Å². The molecule has 1 N–H and O–H groups in total. The largest absolute Gasteiger partial charge is 0.448 e. The second-order valence-corrected chi connectivity index (χ2v) is 4.07. The highest BCUT2D eigenvalue weighted by molar-refractivity contribution is 5.14. The number of oxazole rings is 1. The molecule has 1 atom stereocenters. The molecular formula is C11H18N2O. The summed E-state index contributed by atoms with van der Waals surface area (Å²) in [5, 5.41) is 3.28. The van der Waals surface area contributed by atoms with E-state index in [2.05, 4.69) is 24.1 Å². The third-order valence-corrected chi connectivity index (χ3v) is 2.96. The fraction of sp³-hybridized carbons (Fsp3) is 0.727. The molecule has 1 heterocycles. The molecule has 3 heteroatoms. The Morgan fingerprint density at radius 1 is 1.64 bits per heavy atom. The van der Waals surface area contributed by atoms with Crippen molar-refractivity contribution in [2.24, 2.45) is 5.92 Å². The van der Waals surface area contributed by atoms with E-state index in [1.165, 1.54) is 12.8 Å². The minimum atomic E-state index is 0.547. The van der Waals surface area contributed by atoms with Crippen molar-refractivity contribution in [3.63, 3.8) is 0 Å².